The van der Waals surface area contributed by atoms with Crippen molar-refractivity contribution >= 4 is 39.4 Å². The smallest absolute Gasteiger partial charge is 0.309 e. The van der Waals surface area contributed by atoms with Gasteiger partial charge < -0.3 is 10.0 Å². The predicted molar refractivity (Wildman–Crippen MR) is 84.2 cm³/mol. The Labute approximate surface area is 137 Å². The first kappa shape index (κ1) is 16.3. The van der Waals surface area contributed by atoms with E-state index in [1.807, 2.05) is 13.8 Å². The molecule has 1 amide bonds. The number of rotatable bonds is 4. The maximum atomic E-state index is 12.2. The second kappa shape index (κ2) is 6.36. The van der Waals surface area contributed by atoms with Gasteiger partial charge in [0.1, 0.15) is 0 Å². The summed E-state index contributed by atoms with van der Waals surface area (Å²) in [7, 11) is 0. The molecular formula is C15H17BrClNO3. The highest BCUT2D eigenvalue weighted by Gasteiger charge is 2.45. The molecule has 0 spiro atoms. The predicted octanol–water partition coefficient (Wildman–Crippen LogP) is 3.73. The molecule has 0 bridgehead atoms. The van der Waals surface area contributed by atoms with Gasteiger partial charge in [-0.25, -0.2) is 0 Å². The lowest BCUT2D eigenvalue weighted by molar-refractivity contribution is -0.142. The third-order valence-corrected chi connectivity index (χ3v) is 4.51. The number of nitrogens with zero attached hydrogens (tertiary/aromatic N) is 1. The molecule has 0 radical (unpaired) electrons. The van der Waals surface area contributed by atoms with E-state index in [2.05, 4.69) is 15.9 Å². The third-order valence-electron chi connectivity index (χ3n) is 3.59. The number of amides is 1. The van der Waals surface area contributed by atoms with Crippen LogP contribution in [0, 0.1) is 11.8 Å². The van der Waals surface area contributed by atoms with E-state index in [4.69, 9.17) is 11.6 Å². The molecule has 1 heterocycles. The zero-order valence-electron chi connectivity index (χ0n) is 11.8. The van der Waals surface area contributed by atoms with E-state index < -0.39 is 17.9 Å². The average molecular weight is 375 g/mol. The lowest BCUT2D eigenvalue weighted by atomic mass is 9.93. The molecule has 1 aromatic rings. The quantitative estimate of drug-likeness (QED) is 0.873. The molecule has 1 N–H and O–H groups in total. The minimum Gasteiger partial charge on any atom is -0.481 e. The van der Waals surface area contributed by atoms with Gasteiger partial charge in [-0.05, 0) is 23.6 Å². The van der Waals surface area contributed by atoms with Crippen molar-refractivity contribution in [2.45, 2.75) is 26.3 Å². The van der Waals surface area contributed by atoms with Gasteiger partial charge >= 0.3 is 5.97 Å². The number of hydrogen-bond donors (Lipinski definition) is 1. The number of carboxylic acid groups (broad SMARTS) is 1. The van der Waals surface area contributed by atoms with E-state index in [0.29, 0.717) is 11.6 Å². The molecule has 0 aromatic heterocycles. The Balaban J connectivity index is 2.46. The van der Waals surface area contributed by atoms with Gasteiger partial charge in [-0.2, -0.15) is 0 Å². The van der Waals surface area contributed by atoms with E-state index in [1.54, 1.807) is 23.1 Å². The summed E-state index contributed by atoms with van der Waals surface area (Å²) in [5.41, 5.74) is 0.790. The molecule has 1 aliphatic heterocycles. The van der Waals surface area contributed by atoms with Crippen LogP contribution in [0.4, 0.5) is 0 Å². The molecule has 1 fully saturated rings. The van der Waals surface area contributed by atoms with Gasteiger partial charge in [0.15, 0.2) is 0 Å². The monoisotopic (exact) mass is 373 g/mol. The first-order valence-electron chi connectivity index (χ1n) is 6.78. The summed E-state index contributed by atoms with van der Waals surface area (Å²) in [4.78, 5) is 25.4. The molecule has 1 aromatic carbocycles. The topological polar surface area (TPSA) is 57.6 Å². The molecule has 1 aliphatic rings. The lowest BCUT2D eigenvalue weighted by Crippen LogP contribution is -2.33. The van der Waals surface area contributed by atoms with Crippen molar-refractivity contribution < 1.29 is 14.7 Å². The van der Waals surface area contributed by atoms with Crippen molar-refractivity contribution in [3.63, 3.8) is 0 Å². The molecule has 0 aliphatic carbocycles. The number of hydrogen-bond acceptors (Lipinski definition) is 2. The summed E-state index contributed by atoms with van der Waals surface area (Å²) in [6.45, 7) is 4.56. The lowest BCUT2D eigenvalue weighted by Gasteiger charge is -2.29. The summed E-state index contributed by atoms with van der Waals surface area (Å²) in [5.74, 6) is -1.51. The number of carbonyl (C=O) groups is 2. The van der Waals surface area contributed by atoms with Crippen LogP contribution in [0.15, 0.2) is 22.7 Å². The summed E-state index contributed by atoms with van der Waals surface area (Å²) in [5, 5.41) is 10.0. The Morgan fingerprint density at radius 1 is 1.52 bits per heavy atom. The van der Waals surface area contributed by atoms with Crippen molar-refractivity contribution in [1.82, 2.24) is 4.90 Å². The summed E-state index contributed by atoms with van der Waals surface area (Å²) in [6, 6.07) is 4.78. The summed E-state index contributed by atoms with van der Waals surface area (Å²) < 4.78 is 0.731. The summed E-state index contributed by atoms with van der Waals surface area (Å²) in [6.07, 6.45) is 0.0434. The molecule has 2 atom stereocenters. The van der Waals surface area contributed by atoms with Gasteiger partial charge in [0, 0.05) is 22.5 Å². The number of carboxylic acids is 1. The molecule has 2 unspecified atom stereocenters. The normalized spacial score (nSPS) is 22.1. The minimum atomic E-state index is -0.943. The highest BCUT2D eigenvalue weighted by atomic mass is 79.9. The second-order valence-corrected chi connectivity index (χ2v) is 6.99. The van der Waals surface area contributed by atoms with Crippen LogP contribution in [0.5, 0.6) is 0 Å². The van der Waals surface area contributed by atoms with Gasteiger partial charge in [-0.15, -0.1) is 0 Å². The Morgan fingerprint density at radius 3 is 2.71 bits per heavy atom. The van der Waals surface area contributed by atoms with Crippen LogP contribution in [0.1, 0.15) is 31.9 Å². The van der Waals surface area contributed by atoms with E-state index in [1.165, 1.54) is 0 Å². The molecule has 2 rings (SSSR count). The first-order valence-corrected chi connectivity index (χ1v) is 7.95. The zero-order chi connectivity index (χ0) is 15.7. The zero-order valence-corrected chi connectivity index (χ0v) is 14.2. The molecule has 0 saturated carbocycles. The Bertz CT molecular complexity index is 576. The maximum absolute atomic E-state index is 12.2. The van der Waals surface area contributed by atoms with Crippen molar-refractivity contribution in [2.24, 2.45) is 11.8 Å². The third kappa shape index (κ3) is 3.40. The van der Waals surface area contributed by atoms with Gasteiger partial charge in [-0.3, -0.25) is 9.59 Å². The Kier molecular flexibility index (Phi) is 4.94. The summed E-state index contributed by atoms with van der Waals surface area (Å²) >= 11 is 9.38. The van der Waals surface area contributed by atoms with Crippen LogP contribution >= 0.6 is 27.5 Å². The number of likely N-dealkylation sites (tertiary alicyclic amines) is 1. The van der Waals surface area contributed by atoms with E-state index in [9.17, 15) is 14.7 Å². The van der Waals surface area contributed by atoms with Crippen molar-refractivity contribution in [3.8, 4) is 0 Å². The van der Waals surface area contributed by atoms with Crippen molar-refractivity contribution in [3.05, 3.63) is 33.3 Å². The fourth-order valence-electron chi connectivity index (χ4n) is 2.75. The van der Waals surface area contributed by atoms with E-state index in [0.717, 1.165) is 10.0 Å². The van der Waals surface area contributed by atoms with E-state index >= 15 is 0 Å². The first-order chi connectivity index (χ1) is 9.81. The van der Waals surface area contributed by atoms with Crippen LogP contribution in [-0.2, 0) is 9.59 Å². The molecule has 21 heavy (non-hydrogen) atoms. The number of carbonyl (C=O) groups excluding carboxylic acids is 1. The van der Waals surface area contributed by atoms with Gasteiger partial charge in [-0.1, -0.05) is 47.4 Å². The molecule has 6 heteroatoms. The fourth-order valence-corrected chi connectivity index (χ4v) is 3.66. The maximum Gasteiger partial charge on any atom is 0.309 e. The molecule has 4 nitrogen and oxygen atoms in total. The van der Waals surface area contributed by atoms with Gasteiger partial charge in [0.2, 0.25) is 5.91 Å². The van der Waals surface area contributed by atoms with Crippen LogP contribution in [0.25, 0.3) is 0 Å². The van der Waals surface area contributed by atoms with Crippen molar-refractivity contribution in [2.75, 3.05) is 6.54 Å². The standard InChI is InChI=1S/C15H17BrClNO3/c1-8(2)7-18-13(19)6-11(15(20)21)14(18)10-4-3-9(17)5-12(10)16/h3-5,8,11,14H,6-7H2,1-2H3,(H,20,21). The minimum absolute atomic E-state index is 0.0434. The van der Waals surface area contributed by atoms with Crippen LogP contribution in [-0.4, -0.2) is 28.4 Å². The van der Waals surface area contributed by atoms with Crippen LogP contribution in [0.3, 0.4) is 0 Å². The molecular weight excluding hydrogens is 358 g/mol. The Hall–Kier alpha value is -1.07. The Morgan fingerprint density at radius 2 is 2.19 bits per heavy atom. The highest BCUT2D eigenvalue weighted by Crippen LogP contribution is 2.42. The van der Waals surface area contributed by atoms with Gasteiger partial charge in [0.05, 0.1) is 12.0 Å². The number of halogens is 2. The van der Waals surface area contributed by atoms with E-state index in [-0.39, 0.29) is 18.2 Å². The average Bonchev–Trinajstić information content (AvgIpc) is 2.67. The largest absolute Gasteiger partial charge is 0.481 e. The van der Waals surface area contributed by atoms with Gasteiger partial charge in [0.25, 0.3) is 0 Å². The fraction of sp³-hybridized carbons (Fsp3) is 0.467. The van der Waals surface area contributed by atoms with Crippen LogP contribution < -0.4 is 0 Å². The molecule has 1 saturated heterocycles. The number of aliphatic carboxylic acids is 1. The van der Waals surface area contributed by atoms with Crippen molar-refractivity contribution in [1.29, 1.82) is 0 Å². The van der Waals surface area contributed by atoms with Crippen LogP contribution in [0.2, 0.25) is 5.02 Å². The number of benzene rings is 1. The SMILES string of the molecule is CC(C)CN1C(=O)CC(C(=O)O)C1c1ccc(Cl)cc1Br. The highest BCUT2D eigenvalue weighted by molar-refractivity contribution is 9.10. The molecule has 114 valence electrons. The second-order valence-electron chi connectivity index (χ2n) is 5.70.